The van der Waals surface area contributed by atoms with Crippen LogP contribution in [-0.2, 0) is 0 Å². The summed E-state index contributed by atoms with van der Waals surface area (Å²) in [5.41, 5.74) is 0.843. The summed E-state index contributed by atoms with van der Waals surface area (Å²) in [6.07, 6.45) is 1.37. The fourth-order valence-corrected chi connectivity index (χ4v) is 2.01. The standard InChI is InChI=1S/C15H13BrFNO2/c1-9(7-14(19)15-6-3-10(2)20-15)18-13-5-4-11(16)8-12(13)17/h3-8,18H,1-2H3/b9-7+. The molecule has 0 saturated carbocycles. The molecule has 0 aliphatic carbocycles. The number of nitrogens with one attached hydrogen (secondary N) is 1. The van der Waals surface area contributed by atoms with Crippen molar-refractivity contribution in [3.63, 3.8) is 0 Å². The molecule has 0 radical (unpaired) electrons. The zero-order chi connectivity index (χ0) is 14.7. The third-order valence-electron chi connectivity index (χ3n) is 2.59. The average Bonchev–Trinajstić information content (AvgIpc) is 2.79. The first kappa shape index (κ1) is 14.5. The predicted octanol–water partition coefficient (Wildman–Crippen LogP) is 4.69. The highest BCUT2D eigenvalue weighted by Gasteiger charge is 2.08. The van der Waals surface area contributed by atoms with E-state index >= 15 is 0 Å². The SMILES string of the molecule is C/C(=C\C(=O)c1ccc(C)o1)Nc1ccc(Br)cc1F. The molecule has 0 aliphatic heterocycles. The number of anilines is 1. The van der Waals surface area contributed by atoms with Crippen LogP contribution in [0.5, 0.6) is 0 Å². The van der Waals surface area contributed by atoms with E-state index in [0.717, 1.165) is 0 Å². The van der Waals surface area contributed by atoms with E-state index in [-0.39, 0.29) is 11.5 Å². The van der Waals surface area contributed by atoms with E-state index in [1.54, 1.807) is 38.1 Å². The van der Waals surface area contributed by atoms with Crippen molar-refractivity contribution in [1.82, 2.24) is 0 Å². The fraction of sp³-hybridized carbons (Fsp3) is 0.133. The van der Waals surface area contributed by atoms with Crippen LogP contribution in [0.1, 0.15) is 23.2 Å². The Kier molecular flexibility index (Phi) is 4.39. The summed E-state index contributed by atoms with van der Waals surface area (Å²) in [6.45, 7) is 3.46. The summed E-state index contributed by atoms with van der Waals surface area (Å²) >= 11 is 3.19. The second-order valence-corrected chi connectivity index (χ2v) is 5.27. The van der Waals surface area contributed by atoms with Crippen LogP contribution in [0.2, 0.25) is 0 Å². The molecule has 2 aromatic rings. The van der Waals surface area contributed by atoms with Gasteiger partial charge in [0.2, 0.25) is 5.78 Å². The fourth-order valence-electron chi connectivity index (χ4n) is 1.67. The lowest BCUT2D eigenvalue weighted by Gasteiger charge is -2.07. The number of aryl methyl sites for hydroxylation is 1. The van der Waals surface area contributed by atoms with Crippen molar-refractivity contribution >= 4 is 27.4 Å². The Hall–Kier alpha value is -1.88. The third kappa shape index (κ3) is 3.57. The topological polar surface area (TPSA) is 42.2 Å². The van der Waals surface area contributed by atoms with Crippen LogP contribution >= 0.6 is 15.9 Å². The molecule has 1 aromatic heterocycles. The number of ketones is 1. The minimum atomic E-state index is -0.395. The number of hydrogen-bond acceptors (Lipinski definition) is 3. The largest absolute Gasteiger partial charge is 0.458 e. The maximum Gasteiger partial charge on any atom is 0.222 e. The lowest BCUT2D eigenvalue weighted by atomic mass is 10.2. The van der Waals surface area contributed by atoms with Gasteiger partial charge in [-0.25, -0.2) is 4.39 Å². The van der Waals surface area contributed by atoms with Crippen molar-refractivity contribution in [2.24, 2.45) is 0 Å². The molecule has 104 valence electrons. The van der Waals surface area contributed by atoms with Gasteiger partial charge in [-0.1, -0.05) is 15.9 Å². The first-order valence-electron chi connectivity index (χ1n) is 5.97. The van der Waals surface area contributed by atoms with E-state index < -0.39 is 5.82 Å². The van der Waals surface area contributed by atoms with Gasteiger partial charge in [-0.2, -0.15) is 0 Å². The monoisotopic (exact) mass is 337 g/mol. The van der Waals surface area contributed by atoms with Crippen LogP contribution in [0.4, 0.5) is 10.1 Å². The molecule has 0 bridgehead atoms. The highest BCUT2D eigenvalue weighted by molar-refractivity contribution is 9.10. The smallest absolute Gasteiger partial charge is 0.222 e. The van der Waals surface area contributed by atoms with Gasteiger partial charge in [0.1, 0.15) is 11.6 Å². The molecular formula is C15H13BrFNO2. The summed E-state index contributed by atoms with van der Waals surface area (Å²) in [5.74, 6) is 0.278. The van der Waals surface area contributed by atoms with Crippen LogP contribution in [0.15, 0.2) is 51.0 Å². The molecule has 0 fully saturated rings. The number of hydrogen-bond donors (Lipinski definition) is 1. The predicted molar refractivity (Wildman–Crippen MR) is 79.3 cm³/mol. The van der Waals surface area contributed by atoms with E-state index in [4.69, 9.17) is 4.42 Å². The van der Waals surface area contributed by atoms with E-state index in [0.29, 0.717) is 21.6 Å². The Bertz CT molecular complexity index is 676. The summed E-state index contributed by atoms with van der Waals surface area (Å²) in [5, 5.41) is 2.85. The van der Waals surface area contributed by atoms with E-state index in [9.17, 15) is 9.18 Å². The van der Waals surface area contributed by atoms with Crippen LogP contribution in [-0.4, -0.2) is 5.78 Å². The molecule has 0 saturated heterocycles. The second-order valence-electron chi connectivity index (χ2n) is 4.35. The zero-order valence-electron chi connectivity index (χ0n) is 11.0. The maximum absolute atomic E-state index is 13.7. The summed E-state index contributed by atoms with van der Waals surface area (Å²) in [7, 11) is 0. The van der Waals surface area contributed by atoms with Crippen molar-refractivity contribution in [3.8, 4) is 0 Å². The molecule has 0 aliphatic rings. The first-order valence-corrected chi connectivity index (χ1v) is 6.76. The molecular weight excluding hydrogens is 325 g/mol. The van der Waals surface area contributed by atoms with Gasteiger partial charge in [0.15, 0.2) is 5.76 Å². The van der Waals surface area contributed by atoms with E-state index in [1.807, 2.05) is 0 Å². The van der Waals surface area contributed by atoms with Crippen molar-refractivity contribution in [1.29, 1.82) is 0 Å². The minimum absolute atomic E-state index is 0.263. The number of halogens is 2. The van der Waals surface area contributed by atoms with Crippen LogP contribution in [0.25, 0.3) is 0 Å². The number of rotatable bonds is 4. The van der Waals surface area contributed by atoms with Gasteiger partial charge >= 0.3 is 0 Å². The van der Waals surface area contributed by atoms with Crippen molar-refractivity contribution in [3.05, 3.63) is 63.9 Å². The molecule has 1 heterocycles. The summed E-state index contributed by atoms with van der Waals surface area (Å²) < 4.78 is 19.5. The van der Waals surface area contributed by atoms with Crippen molar-refractivity contribution in [2.75, 3.05) is 5.32 Å². The molecule has 0 unspecified atom stereocenters. The van der Waals surface area contributed by atoms with Crippen molar-refractivity contribution in [2.45, 2.75) is 13.8 Å². The van der Waals surface area contributed by atoms with Crippen LogP contribution in [0.3, 0.4) is 0 Å². The van der Waals surface area contributed by atoms with E-state index in [1.165, 1.54) is 12.1 Å². The normalized spacial score (nSPS) is 11.5. The lowest BCUT2D eigenvalue weighted by Crippen LogP contribution is -2.02. The Morgan fingerprint density at radius 1 is 1.35 bits per heavy atom. The second kappa shape index (κ2) is 6.05. The molecule has 0 atom stereocenters. The van der Waals surface area contributed by atoms with Gasteiger partial charge in [0.25, 0.3) is 0 Å². The Balaban J connectivity index is 2.13. The number of carbonyl (C=O) groups is 1. The van der Waals surface area contributed by atoms with Gasteiger partial charge in [-0.15, -0.1) is 0 Å². The highest BCUT2D eigenvalue weighted by Crippen LogP contribution is 2.20. The highest BCUT2D eigenvalue weighted by atomic mass is 79.9. The number of allylic oxidation sites excluding steroid dienone is 2. The summed E-state index contributed by atoms with van der Waals surface area (Å²) in [6, 6.07) is 8.00. The quantitative estimate of drug-likeness (QED) is 0.650. The molecule has 1 N–H and O–H groups in total. The molecule has 0 amide bonds. The molecule has 20 heavy (non-hydrogen) atoms. The van der Waals surface area contributed by atoms with Gasteiger partial charge < -0.3 is 9.73 Å². The average molecular weight is 338 g/mol. The van der Waals surface area contributed by atoms with Gasteiger partial charge in [-0.3, -0.25) is 4.79 Å². The number of benzene rings is 1. The molecule has 5 heteroatoms. The Morgan fingerprint density at radius 2 is 2.10 bits per heavy atom. The molecule has 2 rings (SSSR count). The number of carbonyl (C=O) groups excluding carboxylic acids is 1. The number of furan rings is 1. The zero-order valence-corrected chi connectivity index (χ0v) is 12.6. The van der Waals surface area contributed by atoms with Crippen molar-refractivity contribution < 1.29 is 13.6 Å². The molecule has 0 spiro atoms. The summed E-state index contributed by atoms with van der Waals surface area (Å²) in [4.78, 5) is 11.9. The van der Waals surface area contributed by atoms with Gasteiger partial charge in [0, 0.05) is 16.2 Å². The van der Waals surface area contributed by atoms with Gasteiger partial charge in [0.05, 0.1) is 5.69 Å². The molecule has 1 aromatic carbocycles. The molecule has 3 nitrogen and oxygen atoms in total. The third-order valence-corrected chi connectivity index (χ3v) is 3.09. The van der Waals surface area contributed by atoms with Crippen LogP contribution < -0.4 is 5.32 Å². The Morgan fingerprint density at radius 3 is 2.70 bits per heavy atom. The first-order chi connectivity index (χ1) is 9.45. The van der Waals surface area contributed by atoms with E-state index in [2.05, 4.69) is 21.2 Å². The lowest BCUT2D eigenvalue weighted by molar-refractivity contribution is 0.102. The van der Waals surface area contributed by atoms with Crippen LogP contribution in [0, 0.1) is 12.7 Å². The van der Waals surface area contributed by atoms with Gasteiger partial charge in [-0.05, 0) is 44.2 Å². The maximum atomic E-state index is 13.7. The Labute approximate surface area is 124 Å². The minimum Gasteiger partial charge on any atom is -0.458 e.